The first-order chi connectivity index (χ1) is 20.0. The molecule has 4 aromatic rings. The van der Waals surface area contributed by atoms with Gasteiger partial charge in [0.05, 0.1) is 11.4 Å². The summed E-state index contributed by atoms with van der Waals surface area (Å²) in [5.41, 5.74) is 3.54. The van der Waals surface area contributed by atoms with Gasteiger partial charge in [-0.05, 0) is 52.2 Å². The smallest absolute Gasteiger partial charge is 0.320 e. The van der Waals surface area contributed by atoms with Crippen LogP contribution in [0.15, 0.2) is 66.9 Å². The highest BCUT2D eigenvalue weighted by molar-refractivity contribution is 5.88. The Labute approximate surface area is 248 Å². The number of aromatic nitrogens is 4. The summed E-state index contributed by atoms with van der Waals surface area (Å²) in [6, 6.07) is 18.9. The summed E-state index contributed by atoms with van der Waals surface area (Å²) in [6.07, 6.45) is 2.69. The Morgan fingerprint density at radius 3 is 2.45 bits per heavy atom. The van der Waals surface area contributed by atoms with Crippen LogP contribution in [0.5, 0.6) is 11.6 Å². The molecule has 2 aromatic heterocycles. The van der Waals surface area contributed by atoms with E-state index in [0.29, 0.717) is 23.4 Å². The quantitative estimate of drug-likeness (QED) is 0.236. The molecule has 0 unspecified atom stereocenters. The van der Waals surface area contributed by atoms with Gasteiger partial charge in [0.15, 0.2) is 0 Å². The van der Waals surface area contributed by atoms with Gasteiger partial charge in [-0.1, -0.05) is 56.7 Å². The SMILES string of the molecule is Cc1ccc(-n2nc(C(C)(C)C)cc2NC(=O)NCc2ccccc2Oc2ccnc(N(C)CCCN(C)C)n2)cc1. The number of carbonyl (C=O) groups is 1. The molecule has 0 saturated carbocycles. The highest BCUT2D eigenvalue weighted by Crippen LogP contribution is 2.27. The molecule has 0 saturated heterocycles. The van der Waals surface area contributed by atoms with Crippen LogP contribution in [0.4, 0.5) is 16.6 Å². The minimum atomic E-state index is -0.345. The summed E-state index contributed by atoms with van der Waals surface area (Å²) in [6.45, 7) is 10.4. The number of rotatable bonds is 11. The maximum atomic E-state index is 13.1. The fraction of sp³-hybridized carbons (Fsp3) is 0.375. The molecule has 2 N–H and O–H groups in total. The van der Waals surface area contributed by atoms with Crippen LogP contribution in [0.3, 0.4) is 0 Å². The average Bonchev–Trinajstić information content (AvgIpc) is 3.37. The summed E-state index contributed by atoms with van der Waals surface area (Å²) in [5.74, 6) is 2.24. The van der Waals surface area contributed by atoms with E-state index in [-0.39, 0.29) is 18.0 Å². The third-order valence-electron chi connectivity index (χ3n) is 6.68. The Bertz CT molecular complexity index is 1470. The fourth-order valence-corrected chi connectivity index (χ4v) is 4.21. The molecule has 0 radical (unpaired) electrons. The first-order valence-corrected chi connectivity index (χ1v) is 14.2. The van der Waals surface area contributed by atoms with E-state index in [1.165, 1.54) is 0 Å². The van der Waals surface area contributed by atoms with Gasteiger partial charge in [0.1, 0.15) is 11.6 Å². The van der Waals surface area contributed by atoms with E-state index in [9.17, 15) is 4.79 Å². The van der Waals surface area contributed by atoms with Crippen LogP contribution in [0.1, 0.15) is 44.0 Å². The Morgan fingerprint density at radius 2 is 1.74 bits per heavy atom. The number of amides is 2. The second-order valence-corrected chi connectivity index (χ2v) is 11.7. The number of hydrogen-bond acceptors (Lipinski definition) is 7. The summed E-state index contributed by atoms with van der Waals surface area (Å²) in [7, 11) is 6.09. The molecule has 222 valence electrons. The number of nitrogens with zero attached hydrogens (tertiary/aromatic N) is 6. The normalized spacial score (nSPS) is 11.4. The summed E-state index contributed by atoms with van der Waals surface area (Å²) < 4.78 is 7.91. The summed E-state index contributed by atoms with van der Waals surface area (Å²) in [4.78, 5) is 26.2. The van der Waals surface area contributed by atoms with E-state index >= 15 is 0 Å². The highest BCUT2D eigenvalue weighted by atomic mass is 16.5. The van der Waals surface area contributed by atoms with Gasteiger partial charge < -0.3 is 19.9 Å². The van der Waals surface area contributed by atoms with Gasteiger partial charge >= 0.3 is 6.03 Å². The van der Waals surface area contributed by atoms with Gasteiger partial charge in [0.25, 0.3) is 0 Å². The van der Waals surface area contributed by atoms with Crippen molar-refractivity contribution in [3.63, 3.8) is 0 Å². The Kier molecular flexibility index (Phi) is 9.80. The number of urea groups is 1. The van der Waals surface area contributed by atoms with Crippen molar-refractivity contribution in [1.29, 1.82) is 0 Å². The molecule has 0 spiro atoms. The molecule has 2 aromatic carbocycles. The lowest BCUT2D eigenvalue weighted by molar-refractivity contribution is 0.251. The number of aryl methyl sites for hydroxylation is 1. The zero-order valence-electron chi connectivity index (χ0n) is 25.7. The summed E-state index contributed by atoms with van der Waals surface area (Å²) in [5, 5.41) is 10.7. The molecule has 10 heteroatoms. The minimum absolute atomic E-state index is 0.180. The van der Waals surface area contributed by atoms with Crippen molar-refractivity contribution in [3.8, 4) is 17.3 Å². The van der Waals surface area contributed by atoms with Crippen LogP contribution in [-0.4, -0.2) is 64.9 Å². The number of carbonyl (C=O) groups excluding carboxylic acids is 1. The van der Waals surface area contributed by atoms with Crippen LogP contribution in [0.25, 0.3) is 5.69 Å². The highest BCUT2D eigenvalue weighted by Gasteiger charge is 2.21. The largest absolute Gasteiger partial charge is 0.439 e. The van der Waals surface area contributed by atoms with Crippen molar-refractivity contribution in [2.24, 2.45) is 0 Å². The Morgan fingerprint density at radius 1 is 1.00 bits per heavy atom. The van der Waals surface area contributed by atoms with Crippen LogP contribution >= 0.6 is 0 Å². The molecule has 42 heavy (non-hydrogen) atoms. The van der Waals surface area contributed by atoms with E-state index in [1.807, 2.05) is 73.5 Å². The predicted molar refractivity (Wildman–Crippen MR) is 168 cm³/mol. The average molecular weight is 571 g/mol. The van der Waals surface area contributed by atoms with Crippen molar-refractivity contribution in [1.82, 2.24) is 30.0 Å². The van der Waals surface area contributed by atoms with Gasteiger partial charge in [-0.2, -0.15) is 10.1 Å². The van der Waals surface area contributed by atoms with Crippen LogP contribution in [0.2, 0.25) is 0 Å². The second kappa shape index (κ2) is 13.5. The molecule has 4 rings (SSSR count). The predicted octanol–water partition coefficient (Wildman–Crippen LogP) is 5.77. The van der Waals surface area contributed by atoms with Gasteiger partial charge in [0, 0.05) is 49.4 Å². The van der Waals surface area contributed by atoms with Gasteiger partial charge in [-0.3, -0.25) is 5.32 Å². The molecular formula is C32H42N8O2. The van der Waals surface area contributed by atoms with Crippen molar-refractivity contribution in [2.75, 3.05) is 44.4 Å². The van der Waals surface area contributed by atoms with Crippen LogP contribution in [-0.2, 0) is 12.0 Å². The molecule has 0 fully saturated rings. The molecule has 0 bridgehead atoms. The van der Waals surface area contributed by atoms with Crippen molar-refractivity contribution in [2.45, 2.75) is 46.1 Å². The molecular weight excluding hydrogens is 528 g/mol. The van der Waals surface area contributed by atoms with E-state index in [0.717, 1.165) is 42.0 Å². The molecule has 0 atom stereocenters. The van der Waals surface area contributed by atoms with Gasteiger partial charge in [0.2, 0.25) is 11.8 Å². The van der Waals surface area contributed by atoms with E-state index in [4.69, 9.17) is 9.84 Å². The summed E-state index contributed by atoms with van der Waals surface area (Å²) >= 11 is 0. The minimum Gasteiger partial charge on any atom is -0.439 e. The number of nitrogens with one attached hydrogen (secondary N) is 2. The number of ether oxygens (including phenoxy) is 1. The van der Waals surface area contributed by atoms with E-state index < -0.39 is 0 Å². The fourth-order valence-electron chi connectivity index (χ4n) is 4.21. The maximum Gasteiger partial charge on any atom is 0.320 e. The number of anilines is 2. The lowest BCUT2D eigenvalue weighted by atomic mass is 9.92. The van der Waals surface area contributed by atoms with Crippen molar-refractivity contribution in [3.05, 3.63) is 83.7 Å². The molecule has 0 aliphatic rings. The van der Waals surface area contributed by atoms with Crippen LogP contribution in [0, 0.1) is 6.92 Å². The Balaban J connectivity index is 1.43. The van der Waals surface area contributed by atoms with Crippen molar-refractivity contribution >= 4 is 17.8 Å². The topological polar surface area (TPSA) is 100 Å². The van der Waals surface area contributed by atoms with E-state index in [1.54, 1.807) is 16.9 Å². The zero-order valence-corrected chi connectivity index (χ0v) is 25.7. The third kappa shape index (κ3) is 8.29. The van der Waals surface area contributed by atoms with Gasteiger partial charge in [-0.25, -0.2) is 14.5 Å². The number of para-hydroxylation sites is 1. The second-order valence-electron chi connectivity index (χ2n) is 11.7. The zero-order chi connectivity index (χ0) is 30.3. The Hall–Kier alpha value is -4.44. The van der Waals surface area contributed by atoms with Gasteiger partial charge in [-0.15, -0.1) is 0 Å². The monoisotopic (exact) mass is 570 g/mol. The molecule has 2 amide bonds. The van der Waals surface area contributed by atoms with Crippen LogP contribution < -0.4 is 20.3 Å². The third-order valence-corrected chi connectivity index (χ3v) is 6.68. The lowest BCUT2D eigenvalue weighted by Crippen LogP contribution is -2.29. The lowest BCUT2D eigenvalue weighted by Gasteiger charge is -2.19. The molecule has 10 nitrogen and oxygen atoms in total. The molecule has 0 aliphatic heterocycles. The standard InChI is InChI=1S/C32H42N8O2/c1-23-13-15-25(16-14-23)40-28(21-27(37-40)32(2,3)4)35-31(41)34-22-24-11-8-9-12-26(24)42-29-17-18-33-30(36-29)39(7)20-10-19-38(5)6/h8-9,11-18,21H,10,19-20,22H2,1-7H3,(H2,34,35,41). The molecule has 2 heterocycles. The maximum absolute atomic E-state index is 13.1. The van der Waals surface area contributed by atoms with Crippen molar-refractivity contribution < 1.29 is 9.53 Å². The first-order valence-electron chi connectivity index (χ1n) is 14.2. The number of benzene rings is 2. The number of hydrogen-bond donors (Lipinski definition) is 2. The van der Waals surface area contributed by atoms with E-state index in [2.05, 4.69) is 60.4 Å². The molecule has 0 aliphatic carbocycles. The first kappa shape index (κ1) is 30.5.